The Morgan fingerprint density at radius 2 is 1.68 bits per heavy atom. The first kappa shape index (κ1) is 14.1. The fourth-order valence-corrected chi connectivity index (χ4v) is 2.61. The van der Waals surface area contributed by atoms with Gasteiger partial charge in [-0.1, -0.05) is 23.8 Å². The zero-order chi connectivity index (χ0) is 14.0. The fraction of sp³-hybridized carbons (Fsp3) is 0.250. The highest BCUT2D eigenvalue weighted by atomic mass is 79.9. The van der Waals surface area contributed by atoms with Gasteiger partial charge in [-0.2, -0.15) is 0 Å². The van der Waals surface area contributed by atoms with E-state index >= 15 is 0 Å². The van der Waals surface area contributed by atoms with Gasteiger partial charge in [0.05, 0.1) is 4.47 Å². The van der Waals surface area contributed by atoms with Crippen LogP contribution in [-0.4, -0.2) is 0 Å². The molecule has 1 nitrogen and oxygen atoms in total. The van der Waals surface area contributed by atoms with Crippen LogP contribution in [-0.2, 0) is 6.61 Å². The lowest BCUT2D eigenvalue weighted by molar-refractivity contribution is 0.301. The zero-order valence-electron chi connectivity index (χ0n) is 11.3. The minimum absolute atomic E-state index is 0.258. The molecule has 0 aliphatic rings. The van der Waals surface area contributed by atoms with Gasteiger partial charge in [0.15, 0.2) is 0 Å². The Bertz CT molecular complexity index is 585. The highest BCUT2D eigenvalue weighted by Crippen LogP contribution is 2.26. The molecule has 100 valence electrons. The van der Waals surface area contributed by atoms with Gasteiger partial charge in [-0.15, -0.1) is 0 Å². The number of halogens is 2. The van der Waals surface area contributed by atoms with Crippen LogP contribution in [0.15, 0.2) is 34.8 Å². The molecule has 3 heteroatoms. The van der Waals surface area contributed by atoms with Crippen LogP contribution in [0, 0.1) is 26.6 Å². The molecule has 0 unspecified atom stereocenters. The average molecular weight is 323 g/mol. The van der Waals surface area contributed by atoms with Gasteiger partial charge in [0.1, 0.15) is 18.2 Å². The number of rotatable bonds is 3. The first-order valence-corrected chi connectivity index (χ1v) is 6.91. The number of hydrogen-bond donors (Lipinski definition) is 0. The van der Waals surface area contributed by atoms with Crippen LogP contribution in [0.25, 0.3) is 0 Å². The second-order valence-electron chi connectivity index (χ2n) is 4.76. The van der Waals surface area contributed by atoms with E-state index in [9.17, 15) is 4.39 Å². The minimum Gasteiger partial charge on any atom is -0.488 e. The van der Waals surface area contributed by atoms with Gasteiger partial charge >= 0.3 is 0 Å². The molecule has 0 heterocycles. The molecule has 2 aromatic rings. The zero-order valence-corrected chi connectivity index (χ0v) is 12.8. The average Bonchev–Trinajstić information content (AvgIpc) is 2.32. The maximum atomic E-state index is 13.1. The van der Waals surface area contributed by atoms with Gasteiger partial charge in [-0.05, 0) is 65.5 Å². The van der Waals surface area contributed by atoms with Crippen LogP contribution in [0.4, 0.5) is 4.39 Å². The SMILES string of the molecule is Cc1cc(C)c(OCc2ccc(F)c(Br)c2)c(C)c1. The Morgan fingerprint density at radius 3 is 2.26 bits per heavy atom. The number of benzene rings is 2. The summed E-state index contributed by atoms with van der Waals surface area (Å²) in [7, 11) is 0. The predicted molar refractivity (Wildman–Crippen MR) is 79.1 cm³/mol. The smallest absolute Gasteiger partial charge is 0.137 e. The van der Waals surface area contributed by atoms with E-state index in [4.69, 9.17) is 4.74 Å². The van der Waals surface area contributed by atoms with Gasteiger partial charge in [0.25, 0.3) is 0 Å². The molecule has 0 atom stereocenters. The topological polar surface area (TPSA) is 9.23 Å². The van der Waals surface area contributed by atoms with Crippen molar-refractivity contribution in [1.29, 1.82) is 0 Å². The molecule has 0 saturated heterocycles. The van der Waals surface area contributed by atoms with Gasteiger partial charge in [-0.3, -0.25) is 0 Å². The summed E-state index contributed by atoms with van der Waals surface area (Å²) in [5.41, 5.74) is 4.41. The van der Waals surface area contributed by atoms with Crippen LogP contribution < -0.4 is 4.74 Å². The highest BCUT2D eigenvalue weighted by molar-refractivity contribution is 9.10. The first-order chi connectivity index (χ1) is 8.97. The third-order valence-corrected chi connectivity index (χ3v) is 3.58. The largest absolute Gasteiger partial charge is 0.488 e. The highest BCUT2D eigenvalue weighted by Gasteiger charge is 2.06. The fourth-order valence-electron chi connectivity index (χ4n) is 2.18. The molecule has 0 spiro atoms. The molecule has 19 heavy (non-hydrogen) atoms. The van der Waals surface area contributed by atoms with E-state index in [1.807, 2.05) is 13.8 Å². The van der Waals surface area contributed by atoms with E-state index in [2.05, 4.69) is 35.0 Å². The predicted octanol–water partition coefficient (Wildman–Crippen LogP) is 5.09. The molecule has 2 aromatic carbocycles. The van der Waals surface area contributed by atoms with Crippen LogP contribution in [0.3, 0.4) is 0 Å². The normalized spacial score (nSPS) is 10.6. The number of aryl methyl sites for hydroxylation is 3. The molecule has 0 radical (unpaired) electrons. The summed E-state index contributed by atoms with van der Waals surface area (Å²) in [6.07, 6.45) is 0. The molecule has 0 aliphatic carbocycles. The van der Waals surface area contributed by atoms with E-state index in [1.165, 1.54) is 11.6 Å². The molecule has 0 N–H and O–H groups in total. The number of hydrogen-bond acceptors (Lipinski definition) is 1. The van der Waals surface area contributed by atoms with E-state index < -0.39 is 0 Å². The summed E-state index contributed by atoms with van der Waals surface area (Å²) in [6.45, 7) is 6.58. The van der Waals surface area contributed by atoms with Crippen molar-refractivity contribution in [2.75, 3.05) is 0 Å². The van der Waals surface area contributed by atoms with E-state index in [0.717, 1.165) is 22.4 Å². The second-order valence-corrected chi connectivity index (χ2v) is 5.62. The molecule has 0 fully saturated rings. The van der Waals surface area contributed by atoms with Crippen molar-refractivity contribution in [2.24, 2.45) is 0 Å². The third kappa shape index (κ3) is 3.35. The molecule has 0 bridgehead atoms. The quantitative estimate of drug-likeness (QED) is 0.764. The monoisotopic (exact) mass is 322 g/mol. The Morgan fingerprint density at radius 1 is 1.05 bits per heavy atom. The van der Waals surface area contributed by atoms with E-state index in [1.54, 1.807) is 12.1 Å². The van der Waals surface area contributed by atoms with Gasteiger partial charge in [0.2, 0.25) is 0 Å². The van der Waals surface area contributed by atoms with Crippen LogP contribution in [0.1, 0.15) is 22.3 Å². The second kappa shape index (κ2) is 5.74. The van der Waals surface area contributed by atoms with Crippen molar-refractivity contribution in [3.8, 4) is 5.75 Å². The summed E-state index contributed by atoms with van der Waals surface area (Å²) < 4.78 is 19.5. The summed E-state index contributed by atoms with van der Waals surface area (Å²) in [6, 6.07) is 9.12. The van der Waals surface area contributed by atoms with Crippen molar-refractivity contribution in [3.05, 3.63) is 62.9 Å². The summed E-state index contributed by atoms with van der Waals surface area (Å²) in [5, 5.41) is 0. The van der Waals surface area contributed by atoms with Crippen molar-refractivity contribution in [3.63, 3.8) is 0 Å². The minimum atomic E-state index is -0.258. The molecular formula is C16H16BrFO. The Kier molecular flexibility index (Phi) is 4.25. The third-order valence-electron chi connectivity index (χ3n) is 2.97. The lowest BCUT2D eigenvalue weighted by Gasteiger charge is -2.13. The Balaban J connectivity index is 2.16. The summed E-state index contributed by atoms with van der Waals surface area (Å²) >= 11 is 3.18. The molecular weight excluding hydrogens is 307 g/mol. The van der Waals surface area contributed by atoms with Gasteiger partial charge in [0, 0.05) is 0 Å². The van der Waals surface area contributed by atoms with Crippen molar-refractivity contribution < 1.29 is 9.13 Å². The maximum absolute atomic E-state index is 13.1. The first-order valence-electron chi connectivity index (χ1n) is 6.12. The molecule has 0 amide bonds. The van der Waals surface area contributed by atoms with Crippen LogP contribution in [0.2, 0.25) is 0 Å². The lowest BCUT2D eigenvalue weighted by atomic mass is 10.1. The summed E-state index contributed by atoms with van der Waals surface area (Å²) in [5.74, 6) is 0.650. The van der Waals surface area contributed by atoms with Crippen molar-refractivity contribution in [1.82, 2.24) is 0 Å². The van der Waals surface area contributed by atoms with E-state index in [0.29, 0.717) is 11.1 Å². The summed E-state index contributed by atoms with van der Waals surface area (Å²) in [4.78, 5) is 0. The molecule has 2 rings (SSSR count). The Labute approximate surface area is 121 Å². The standard InChI is InChI=1S/C16H16BrFO/c1-10-6-11(2)16(12(3)7-10)19-9-13-4-5-15(18)14(17)8-13/h4-8H,9H2,1-3H3. The lowest BCUT2D eigenvalue weighted by Crippen LogP contribution is -2.00. The van der Waals surface area contributed by atoms with E-state index in [-0.39, 0.29) is 5.82 Å². The van der Waals surface area contributed by atoms with Crippen molar-refractivity contribution in [2.45, 2.75) is 27.4 Å². The van der Waals surface area contributed by atoms with Gasteiger partial charge < -0.3 is 4.74 Å². The number of ether oxygens (including phenoxy) is 1. The molecule has 0 saturated carbocycles. The maximum Gasteiger partial charge on any atom is 0.137 e. The van der Waals surface area contributed by atoms with Crippen LogP contribution >= 0.6 is 15.9 Å². The van der Waals surface area contributed by atoms with Crippen LogP contribution in [0.5, 0.6) is 5.75 Å². The molecule has 0 aromatic heterocycles. The Hall–Kier alpha value is -1.35. The van der Waals surface area contributed by atoms with Crippen molar-refractivity contribution >= 4 is 15.9 Å². The van der Waals surface area contributed by atoms with Gasteiger partial charge in [-0.25, -0.2) is 4.39 Å². The molecule has 0 aliphatic heterocycles.